The molecule has 146 valence electrons. The number of rotatable bonds is 6. The molecule has 0 heterocycles. The first-order valence-electron chi connectivity index (χ1n) is 10.1. The molecule has 0 aliphatic heterocycles. The second kappa shape index (κ2) is 7.46. The van der Waals surface area contributed by atoms with Crippen molar-refractivity contribution in [3.8, 4) is 0 Å². The fourth-order valence-corrected chi connectivity index (χ4v) is 6.35. The maximum atomic E-state index is 12.4. The first-order valence-corrected chi connectivity index (χ1v) is 10.5. The van der Waals surface area contributed by atoms with E-state index < -0.39 is 0 Å². The number of hydrogen-bond acceptors (Lipinski definition) is 3. The monoisotopic (exact) mass is 389 g/mol. The fraction of sp³-hybridized carbons (Fsp3) is 0.636. The summed E-state index contributed by atoms with van der Waals surface area (Å²) < 4.78 is 5.33. The highest BCUT2D eigenvalue weighted by molar-refractivity contribution is 6.30. The van der Waals surface area contributed by atoms with Crippen molar-refractivity contribution < 1.29 is 14.3 Å². The molecule has 0 unspecified atom stereocenters. The predicted molar refractivity (Wildman–Crippen MR) is 104 cm³/mol. The fourth-order valence-electron chi connectivity index (χ4n) is 6.15. The maximum Gasteiger partial charge on any atom is 0.306 e. The molecule has 5 rings (SSSR count). The highest BCUT2D eigenvalue weighted by Gasteiger charge is 2.51. The molecule has 1 aromatic carbocycles. The lowest BCUT2D eigenvalue weighted by molar-refractivity contribution is -0.155. The highest BCUT2D eigenvalue weighted by atomic mass is 35.5. The SMILES string of the molecule is C[C@H](NC(=O)COC(=O)CC12CC3CC(CC(C3)C1)C2)c1cccc(Cl)c1. The maximum absolute atomic E-state index is 12.4. The number of amides is 1. The third kappa shape index (κ3) is 4.31. The molecule has 0 saturated heterocycles. The number of halogens is 1. The van der Waals surface area contributed by atoms with Crippen LogP contribution in [0.5, 0.6) is 0 Å². The van der Waals surface area contributed by atoms with Gasteiger partial charge in [-0.25, -0.2) is 0 Å². The summed E-state index contributed by atoms with van der Waals surface area (Å²) in [7, 11) is 0. The Balaban J connectivity index is 1.25. The van der Waals surface area contributed by atoms with E-state index in [0.29, 0.717) is 11.4 Å². The van der Waals surface area contributed by atoms with Gasteiger partial charge >= 0.3 is 5.97 Å². The van der Waals surface area contributed by atoms with Gasteiger partial charge in [0.15, 0.2) is 6.61 Å². The molecule has 1 amide bonds. The summed E-state index contributed by atoms with van der Waals surface area (Å²) in [6.45, 7) is 1.68. The van der Waals surface area contributed by atoms with Crippen molar-refractivity contribution in [2.75, 3.05) is 6.61 Å². The normalized spacial score (nSPS) is 32.1. The summed E-state index contributed by atoms with van der Waals surface area (Å²) in [6, 6.07) is 7.21. The third-order valence-corrected chi connectivity index (χ3v) is 7.01. The first kappa shape index (κ1) is 18.8. The molecule has 27 heavy (non-hydrogen) atoms. The summed E-state index contributed by atoms with van der Waals surface area (Å²) in [5.41, 5.74) is 1.08. The van der Waals surface area contributed by atoms with E-state index in [2.05, 4.69) is 5.32 Å². The van der Waals surface area contributed by atoms with Crippen LogP contribution in [0.15, 0.2) is 24.3 Å². The van der Waals surface area contributed by atoms with Crippen LogP contribution in [0.1, 0.15) is 63.5 Å². The van der Waals surface area contributed by atoms with Crippen molar-refractivity contribution in [3.05, 3.63) is 34.9 Å². The lowest BCUT2D eigenvalue weighted by Gasteiger charge is -2.56. The Kier molecular flexibility index (Phi) is 5.19. The van der Waals surface area contributed by atoms with Crippen molar-refractivity contribution in [2.24, 2.45) is 23.2 Å². The minimum atomic E-state index is -0.277. The summed E-state index contributed by atoms with van der Waals surface area (Å²) in [6.07, 6.45) is 8.08. The van der Waals surface area contributed by atoms with Crippen LogP contribution in [0.25, 0.3) is 0 Å². The Labute approximate surface area is 166 Å². The van der Waals surface area contributed by atoms with Gasteiger partial charge in [-0.3, -0.25) is 9.59 Å². The molecule has 0 radical (unpaired) electrons. The average molecular weight is 390 g/mol. The zero-order valence-electron chi connectivity index (χ0n) is 15.9. The second-order valence-electron chi connectivity index (χ2n) is 9.10. The number of benzene rings is 1. The molecule has 5 heteroatoms. The number of hydrogen-bond donors (Lipinski definition) is 1. The Bertz CT molecular complexity index is 697. The van der Waals surface area contributed by atoms with Crippen molar-refractivity contribution in [1.82, 2.24) is 5.32 Å². The van der Waals surface area contributed by atoms with Gasteiger partial charge in [-0.2, -0.15) is 0 Å². The molecule has 0 spiro atoms. The summed E-state index contributed by atoms with van der Waals surface area (Å²) in [5.74, 6) is 1.94. The van der Waals surface area contributed by atoms with E-state index >= 15 is 0 Å². The topological polar surface area (TPSA) is 55.4 Å². The molecular weight excluding hydrogens is 362 g/mol. The van der Waals surface area contributed by atoms with Crippen molar-refractivity contribution >= 4 is 23.5 Å². The molecule has 4 fully saturated rings. The number of ether oxygens (including phenoxy) is 1. The molecule has 1 atom stereocenters. The quantitative estimate of drug-likeness (QED) is 0.719. The molecule has 1 N–H and O–H groups in total. The zero-order valence-corrected chi connectivity index (χ0v) is 16.6. The average Bonchev–Trinajstić information content (AvgIpc) is 2.58. The van der Waals surface area contributed by atoms with Crippen LogP contribution in [0.4, 0.5) is 0 Å². The van der Waals surface area contributed by atoms with Gasteiger partial charge in [0.05, 0.1) is 12.5 Å². The summed E-state index contributed by atoms with van der Waals surface area (Å²) >= 11 is 5.99. The number of carbonyl (C=O) groups excluding carboxylic acids is 2. The van der Waals surface area contributed by atoms with E-state index in [1.165, 1.54) is 38.5 Å². The third-order valence-electron chi connectivity index (χ3n) is 6.77. The van der Waals surface area contributed by atoms with E-state index in [0.717, 1.165) is 23.3 Å². The Morgan fingerprint density at radius 2 is 1.81 bits per heavy atom. The van der Waals surface area contributed by atoms with Gasteiger partial charge in [-0.15, -0.1) is 0 Å². The van der Waals surface area contributed by atoms with Gasteiger partial charge < -0.3 is 10.1 Å². The zero-order chi connectivity index (χ0) is 19.0. The van der Waals surface area contributed by atoms with Crippen LogP contribution in [0.3, 0.4) is 0 Å². The molecule has 4 saturated carbocycles. The van der Waals surface area contributed by atoms with Gasteiger partial charge in [0.1, 0.15) is 0 Å². The van der Waals surface area contributed by atoms with E-state index in [-0.39, 0.29) is 29.9 Å². The lowest BCUT2D eigenvalue weighted by Crippen LogP contribution is -2.47. The van der Waals surface area contributed by atoms with Crippen molar-refractivity contribution in [3.63, 3.8) is 0 Å². The number of carbonyl (C=O) groups is 2. The Morgan fingerprint density at radius 1 is 1.19 bits per heavy atom. The number of esters is 1. The van der Waals surface area contributed by atoms with E-state index in [1.807, 2.05) is 25.1 Å². The standard InChI is InChI=1S/C22H28ClNO3/c1-14(18-3-2-4-19(23)8-18)24-20(25)13-27-21(26)12-22-9-15-5-16(10-22)7-17(6-15)11-22/h2-4,8,14-17H,5-7,9-13H2,1H3,(H,24,25)/t14-,15?,16?,17?,22?/m0/s1. The lowest BCUT2D eigenvalue weighted by atomic mass is 9.49. The second-order valence-corrected chi connectivity index (χ2v) is 9.54. The van der Waals surface area contributed by atoms with Crippen molar-refractivity contribution in [1.29, 1.82) is 0 Å². The molecule has 4 aliphatic carbocycles. The molecular formula is C22H28ClNO3. The van der Waals surface area contributed by atoms with E-state index in [1.54, 1.807) is 6.07 Å². The van der Waals surface area contributed by atoms with Gasteiger partial charge in [0.2, 0.25) is 0 Å². The largest absolute Gasteiger partial charge is 0.456 e. The summed E-state index contributed by atoms with van der Waals surface area (Å²) in [4.78, 5) is 24.6. The van der Waals surface area contributed by atoms with Gasteiger partial charge in [-0.1, -0.05) is 23.7 Å². The van der Waals surface area contributed by atoms with Crippen molar-refractivity contribution in [2.45, 2.75) is 57.9 Å². The predicted octanol–water partition coefficient (Wildman–Crippen LogP) is 4.67. The minimum absolute atomic E-state index is 0.149. The Hall–Kier alpha value is -1.55. The first-order chi connectivity index (χ1) is 12.9. The van der Waals surface area contributed by atoms with Gasteiger partial charge in [-0.05, 0) is 86.3 Å². The Morgan fingerprint density at radius 3 is 2.41 bits per heavy atom. The van der Waals surface area contributed by atoms with E-state index in [4.69, 9.17) is 16.3 Å². The van der Waals surface area contributed by atoms with Crippen LogP contribution in [-0.4, -0.2) is 18.5 Å². The summed E-state index contributed by atoms with van der Waals surface area (Å²) in [5, 5.41) is 3.50. The van der Waals surface area contributed by atoms with E-state index in [9.17, 15) is 9.59 Å². The number of nitrogens with one attached hydrogen (secondary N) is 1. The highest BCUT2D eigenvalue weighted by Crippen LogP contribution is 2.61. The molecule has 4 bridgehead atoms. The smallest absolute Gasteiger partial charge is 0.306 e. The van der Waals surface area contributed by atoms with Crippen LogP contribution < -0.4 is 5.32 Å². The van der Waals surface area contributed by atoms with Gasteiger partial charge in [0.25, 0.3) is 5.91 Å². The van der Waals surface area contributed by atoms with Crippen LogP contribution in [-0.2, 0) is 14.3 Å². The van der Waals surface area contributed by atoms with Crippen LogP contribution >= 0.6 is 11.6 Å². The van der Waals surface area contributed by atoms with Crippen LogP contribution in [0.2, 0.25) is 5.02 Å². The van der Waals surface area contributed by atoms with Crippen LogP contribution in [0, 0.1) is 23.2 Å². The molecule has 4 nitrogen and oxygen atoms in total. The minimum Gasteiger partial charge on any atom is -0.456 e. The molecule has 0 aromatic heterocycles. The molecule has 1 aromatic rings. The molecule has 4 aliphatic rings. The van der Waals surface area contributed by atoms with Gasteiger partial charge in [0, 0.05) is 5.02 Å².